The standard InChI is InChI=1S/C10H11ClN2O2/c11-10(14)13-5-6-15-9(7-13)8-1-3-12-4-2-8/h1-4,9H,5-7H2. The topological polar surface area (TPSA) is 42.4 Å². The van der Waals surface area contributed by atoms with Crippen molar-refractivity contribution in [2.75, 3.05) is 19.7 Å². The fraction of sp³-hybridized carbons (Fsp3) is 0.400. The van der Waals surface area contributed by atoms with Gasteiger partial charge in [-0.25, -0.2) is 0 Å². The molecule has 1 aliphatic heterocycles. The number of hydrogen-bond acceptors (Lipinski definition) is 3. The third-order valence-corrected chi connectivity index (χ3v) is 2.63. The number of ether oxygens (including phenoxy) is 1. The number of halogens is 1. The Bertz CT molecular complexity index is 345. The van der Waals surface area contributed by atoms with Gasteiger partial charge in [-0.15, -0.1) is 0 Å². The van der Waals surface area contributed by atoms with E-state index in [9.17, 15) is 4.79 Å². The monoisotopic (exact) mass is 226 g/mol. The minimum Gasteiger partial charge on any atom is -0.370 e. The summed E-state index contributed by atoms with van der Waals surface area (Å²) in [6.45, 7) is 1.59. The molecule has 1 saturated heterocycles. The maximum absolute atomic E-state index is 11.0. The van der Waals surface area contributed by atoms with Crippen molar-refractivity contribution >= 4 is 17.0 Å². The average Bonchev–Trinajstić information content (AvgIpc) is 2.30. The van der Waals surface area contributed by atoms with Crippen molar-refractivity contribution in [3.8, 4) is 0 Å². The lowest BCUT2D eigenvalue weighted by Crippen LogP contribution is -2.39. The van der Waals surface area contributed by atoms with Crippen molar-refractivity contribution in [2.45, 2.75) is 6.10 Å². The van der Waals surface area contributed by atoms with Crippen LogP contribution in [0.15, 0.2) is 24.5 Å². The summed E-state index contributed by atoms with van der Waals surface area (Å²) >= 11 is 5.43. The molecule has 1 amide bonds. The fourth-order valence-electron chi connectivity index (χ4n) is 1.59. The molecule has 80 valence electrons. The first kappa shape index (κ1) is 10.4. The first-order chi connectivity index (χ1) is 7.27. The summed E-state index contributed by atoms with van der Waals surface area (Å²) in [5, 5.41) is -0.419. The number of nitrogens with zero attached hydrogens (tertiary/aromatic N) is 2. The van der Waals surface area contributed by atoms with Gasteiger partial charge in [-0.1, -0.05) is 0 Å². The van der Waals surface area contributed by atoms with Crippen LogP contribution in [0.2, 0.25) is 0 Å². The molecule has 0 aliphatic carbocycles. The molecule has 1 aromatic heterocycles. The van der Waals surface area contributed by atoms with Gasteiger partial charge in [0.1, 0.15) is 6.10 Å². The Morgan fingerprint density at radius 3 is 2.93 bits per heavy atom. The number of pyridine rings is 1. The van der Waals surface area contributed by atoms with Crippen LogP contribution in [-0.2, 0) is 4.74 Å². The highest BCUT2D eigenvalue weighted by molar-refractivity contribution is 6.62. The lowest BCUT2D eigenvalue weighted by Gasteiger charge is -2.31. The molecule has 1 unspecified atom stereocenters. The number of carbonyl (C=O) groups excluding carboxylic acids is 1. The molecule has 0 N–H and O–H groups in total. The van der Waals surface area contributed by atoms with Crippen molar-refractivity contribution in [3.63, 3.8) is 0 Å². The summed E-state index contributed by atoms with van der Waals surface area (Å²) in [4.78, 5) is 16.5. The van der Waals surface area contributed by atoms with Crippen molar-refractivity contribution in [1.29, 1.82) is 0 Å². The molecule has 1 fully saturated rings. The molecule has 0 aromatic carbocycles. The van der Waals surface area contributed by atoms with Crippen molar-refractivity contribution in [2.24, 2.45) is 0 Å². The first-order valence-electron chi connectivity index (χ1n) is 4.73. The fourth-order valence-corrected chi connectivity index (χ4v) is 1.74. The van der Waals surface area contributed by atoms with Crippen LogP contribution in [0.25, 0.3) is 0 Å². The Morgan fingerprint density at radius 1 is 1.53 bits per heavy atom. The maximum atomic E-state index is 11.0. The van der Waals surface area contributed by atoms with E-state index in [0.717, 1.165) is 5.56 Å². The van der Waals surface area contributed by atoms with Crippen molar-refractivity contribution in [3.05, 3.63) is 30.1 Å². The summed E-state index contributed by atoms with van der Waals surface area (Å²) in [6, 6.07) is 3.76. The lowest BCUT2D eigenvalue weighted by atomic mass is 10.1. The second kappa shape index (κ2) is 4.59. The second-order valence-corrected chi connectivity index (χ2v) is 3.66. The molecule has 5 heteroatoms. The quantitative estimate of drug-likeness (QED) is 0.542. The van der Waals surface area contributed by atoms with Gasteiger partial charge in [-0.05, 0) is 29.3 Å². The zero-order valence-corrected chi connectivity index (χ0v) is 8.85. The summed E-state index contributed by atoms with van der Waals surface area (Å²) in [5.41, 5.74) is 1.02. The van der Waals surface area contributed by atoms with Gasteiger partial charge in [0.15, 0.2) is 0 Å². The number of morpholine rings is 1. The van der Waals surface area contributed by atoms with Crippen LogP contribution >= 0.6 is 11.6 Å². The van der Waals surface area contributed by atoms with Crippen molar-refractivity contribution < 1.29 is 9.53 Å². The third-order valence-electron chi connectivity index (χ3n) is 2.39. The zero-order valence-electron chi connectivity index (χ0n) is 8.10. The third kappa shape index (κ3) is 2.46. The van der Waals surface area contributed by atoms with Crippen LogP contribution in [0.5, 0.6) is 0 Å². The first-order valence-corrected chi connectivity index (χ1v) is 5.11. The normalized spacial score (nSPS) is 21.4. The minimum atomic E-state index is -0.419. The molecular weight excluding hydrogens is 216 g/mol. The van der Waals surface area contributed by atoms with Crippen LogP contribution in [0.3, 0.4) is 0 Å². The van der Waals surface area contributed by atoms with Gasteiger partial charge in [0.25, 0.3) is 0 Å². The Labute approximate surface area is 92.8 Å². The second-order valence-electron chi connectivity index (χ2n) is 3.34. The molecule has 0 radical (unpaired) electrons. The molecule has 0 bridgehead atoms. The molecule has 0 spiro atoms. The van der Waals surface area contributed by atoms with E-state index in [-0.39, 0.29) is 6.10 Å². The summed E-state index contributed by atoms with van der Waals surface area (Å²) in [6.07, 6.45) is 3.32. The maximum Gasteiger partial charge on any atom is 0.316 e. The Hall–Kier alpha value is -1.13. The smallest absolute Gasteiger partial charge is 0.316 e. The largest absolute Gasteiger partial charge is 0.370 e. The van der Waals surface area contributed by atoms with E-state index in [1.165, 1.54) is 0 Å². The Morgan fingerprint density at radius 2 is 2.27 bits per heavy atom. The summed E-state index contributed by atoms with van der Waals surface area (Å²) < 4.78 is 5.56. The van der Waals surface area contributed by atoms with Crippen LogP contribution < -0.4 is 0 Å². The van der Waals surface area contributed by atoms with Crippen LogP contribution in [-0.4, -0.2) is 34.9 Å². The molecule has 1 aliphatic rings. The molecule has 0 saturated carbocycles. The number of carbonyl (C=O) groups is 1. The van der Waals surface area contributed by atoms with Crippen LogP contribution in [0.4, 0.5) is 4.79 Å². The highest BCUT2D eigenvalue weighted by atomic mass is 35.5. The van der Waals surface area contributed by atoms with Gasteiger partial charge in [0.2, 0.25) is 0 Å². The SMILES string of the molecule is O=C(Cl)N1CCOC(c2ccncc2)C1. The highest BCUT2D eigenvalue weighted by Crippen LogP contribution is 2.21. The van der Waals surface area contributed by atoms with Gasteiger partial charge in [-0.3, -0.25) is 9.78 Å². The predicted octanol–water partition coefficient (Wildman–Crippen LogP) is 1.81. The van der Waals surface area contributed by atoms with Crippen molar-refractivity contribution in [1.82, 2.24) is 9.88 Å². The molecular formula is C10H11ClN2O2. The Kier molecular flexibility index (Phi) is 3.18. The molecule has 1 aromatic rings. The molecule has 4 nitrogen and oxygen atoms in total. The van der Waals surface area contributed by atoms with E-state index < -0.39 is 5.37 Å². The van der Waals surface area contributed by atoms with Gasteiger partial charge in [0.05, 0.1) is 13.2 Å². The Balaban J connectivity index is 2.08. The van der Waals surface area contributed by atoms with Gasteiger partial charge >= 0.3 is 5.37 Å². The molecule has 2 heterocycles. The van der Waals surface area contributed by atoms with Gasteiger partial charge in [-0.2, -0.15) is 0 Å². The molecule has 2 rings (SSSR count). The zero-order chi connectivity index (χ0) is 10.7. The van der Waals surface area contributed by atoms with E-state index in [2.05, 4.69) is 4.98 Å². The summed E-state index contributed by atoms with van der Waals surface area (Å²) in [7, 11) is 0. The molecule has 1 atom stereocenters. The minimum absolute atomic E-state index is 0.0931. The van der Waals surface area contributed by atoms with E-state index in [0.29, 0.717) is 19.7 Å². The number of hydrogen-bond donors (Lipinski definition) is 0. The number of rotatable bonds is 1. The van der Waals surface area contributed by atoms with Crippen LogP contribution in [0, 0.1) is 0 Å². The number of amides is 1. The highest BCUT2D eigenvalue weighted by Gasteiger charge is 2.24. The van der Waals surface area contributed by atoms with Gasteiger partial charge in [0, 0.05) is 18.9 Å². The molecule has 15 heavy (non-hydrogen) atoms. The van der Waals surface area contributed by atoms with Gasteiger partial charge < -0.3 is 9.64 Å². The van der Waals surface area contributed by atoms with E-state index in [1.54, 1.807) is 17.3 Å². The summed E-state index contributed by atoms with van der Waals surface area (Å²) in [5.74, 6) is 0. The average molecular weight is 227 g/mol. The number of aromatic nitrogens is 1. The van der Waals surface area contributed by atoms with E-state index in [1.807, 2.05) is 12.1 Å². The van der Waals surface area contributed by atoms with E-state index >= 15 is 0 Å². The lowest BCUT2D eigenvalue weighted by molar-refractivity contribution is -0.0119. The van der Waals surface area contributed by atoms with Crippen LogP contribution in [0.1, 0.15) is 11.7 Å². The predicted molar refractivity (Wildman–Crippen MR) is 55.8 cm³/mol. The van der Waals surface area contributed by atoms with E-state index in [4.69, 9.17) is 16.3 Å².